The Kier molecular flexibility index (Phi) is 18.1. The monoisotopic (exact) mass is 368 g/mol. The summed E-state index contributed by atoms with van der Waals surface area (Å²) >= 11 is 0. The Morgan fingerprint density at radius 2 is 1.59 bits per heavy atom. The van der Waals surface area contributed by atoms with Crippen LogP contribution in [0.15, 0.2) is 59.7 Å². The molecular formula is C25H36O2. The standard InChI is InChI=1S/C21H24O2.2C2H6/c1-5-18(12-11-17(3)4)9-7-8-10-19-13-15-20(16-14-19)21(22)23-6-2;2*1-2/h7,9,11-16H,5-6H2,1-4H3;2*1-2H3/b9-7+,18-12+;;. The lowest BCUT2D eigenvalue weighted by atomic mass is 10.1. The highest BCUT2D eigenvalue weighted by atomic mass is 16.5. The summed E-state index contributed by atoms with van der Waals surface area (Å²) in [4.78, 5) is 11.6. The molecule has 0 spiro atoms. The van der Waals surface area contributed by atoms with Crippen molar-refractivity contribution in [2.24, 2.45) is 0 Å². The van der Waals surface area contributed by atoms with E-state index in [0.717, 1.165) is 12.0 Å². The van der Waals surface area contributed by atoms with Crippen LogP contribution in [0, 0.1) is 11.8 Å². The molecule has 0 N–H and O–H groups in total. The molecule has 2 heteroatoms. The Bertz CT molecular complexity index is 659. The molecule has 0 aliphatic rings. The van der Waals surface area contributed by atoms with E-state index in [1.54, 1.807) is 19.1 Å². The van der Waals surface area contributed by atoms with Crippen LogP contribution in [0.3, 0.4) is 0 Å². The topological polar surface area (TPSA) is 26.3 Å². The number of carbonyl (C=O) groups is 1. The van der Waals surface area contributed by atoms with Crippen molar-refractivity contribution in [3.8, 4) is 11.8 Å². The lowest BCUT2D eigenvalue weighted by Crippen LogP contribution is -2.03. The van der Waals surface area contributed by atoms with E-state index < -0.39 is 0 Å². The van der Waals surface area contributed by atoms with E-state index in [2.05, 4.69) is 44.8 Å². The van der Waals surface area contributed by atoms with Gasteiger partial charge in [-0.1, -0.05) is 70.3 Å². The molecule has 27 heavy (non-hydrogen) atoms. The van der Waals surface area contributed by atoms with E-state index in [-0.39, 0.29) is 5.97 Å². The lowest BCUT2D eigenvalue weighted by Gasteiger charge is -2.00. The average molecular weight is 369 g/mol. The van der Waals surface area contributed by atoms with E-state index in [0.29, 0.717) is 12.2 Å². The highest BCUT2D eigenvalue weighted by molar-refractivity contribution is 5.89. The van der Waals surface area contributed by atoms with Crippen LogP contribution in [0.4, 0.5) is 0 Å². The summed E-state index contributed by atoms with van der Waals surface area (Å²) in [6, 6.07) is 7.12. The smallest absolute Gasteiger partial charge is 0.338 e. The number of hydrogen-bond acceptors (Lipinski definition) is 2. The van der Waals surface area contributed by atoms with Crippen LogP contribution in [0.2, 0.25) is 0 Å². The molecule has 0 aromatic heterocycles. The predicted octanol–water partition coefficient (Wildman–Crippen LogP) is 7.13. The molecule has 1 rings (SSSR count). The third-order valence-corrected chi connectivity index (χ3v) is 3.03. The summed E-state index contributed by atoms with van der Waals surface area (Å²) < 4.78 is 4.95. The number of ether oxygens (including phenoxy) is 1. The molecule has 0 amide bonds. The van der Waals surface area contributed by atoms with Crippen molar-refractivity contribution in [3.05, 3.63) is 70.8 Å². The first kappa shape index (κ1) is 26.7. The summed E-state index contributed by atoms with van der Waals surface area (Å²) in [5.41, 5.74) is 3.93. The number of carbonyl (C=O) groups excluding carboxylic acids is 1. The summed E-state index contributed by atoms with van der Waals surface area (Å²) in [5.74, 6) is 5.77. The fourth-order valence-corrected chi connectivity index (χ4v) is 1.74. The molecule has 0 radical (unpaired) electrons. The van der Waals surface area contributed by atoms with Crippen molar-refractivity contribution in [1.29, 1.82) is 0 Å². The third kappa shape index (κ3) is 13.3. The maximum absolute atomic E-state index is 11.6. The van der Waals surface area contributed by atoms with Crippen LogP contribution >= 0.6 is 0 Å². The summed E-state index contributed by atoms with van der Waals surface area (Å²) in [5, 5.41) is 0. The van der Waals surface area contributed by atoms with Crippen molar-refractivity contribution in [2.45, 2.75) is 61.8 Å². The molecule has 0 unspecified atom stereocenters. The normalized spacial score (nSPS) is 9.70. The zero-order valence-corrected chi connectivity index (χ0v) is 18.3. The van der Waals surface area contributed by atoms with Crippen molar-refractivity contribution < 1.29 is 9.53 Å². The molecule has 1 aromatic carbocycles. The van der Waals surface area contributed by atoms with Gasteiger partial charge in [-0.3, -0.25) is 0 Å². The van der Waals surface area contributed by atoms with Gasteiger partial charge < -0.3 is 4.74 Å². The summed E-state index contributed by atoms with van der Waals surface area (Å²) in [6.45, 7) is 16.4. The van der Waals surface area contributed by atoms with Gasteiger partial charge in [0.05, 0.1) is 12.2 Å². The zero-order chi connectivity index (χ0) is 21.1. The number of hydrogen-bond donors (Lipinski definition) is 0. The van der Waals surface area contributed by atoms with E-state index in [1.165, 1.54) is 11.1 Å². The Hall–Kier alpha value is -2.53. The molecule has 0 aliphatic carbocycles. The van der Waals surface area contributed by atoms with Crippen molar-refractivity contribution in [2.75, 3.05) is 6.61 Å². The zero-order valence-electron chi connectivity index (χ0n) is 18.3. The van der Waals surface area contributed by atoms with Gasteiger partial charge in [-0.25, -0.2) is 4.79 Å². The number of rotatable bonds is 5. The Labute approximate surface area is 167 Å². The average Bonchev–Trinajstić information content (AvgIpc) is 2.71. The van der Waals surface area contributed by atoms with Crippen molar-refractivity contribution >= 4 is 5.97 Å². The second kappa shape index (κ2) is 18.3. The van der Waals surface area contributed by atoms with Crippen LogP contribution in [0.1, 0.15) is 77.7 Å². The van der Waals surface area contributed by atoms with Gasteiger partial charge in [-0.2, -0.15) is 0 Å². The van der Waals surface area contributed by atoms with Crippen LogP contribution in [-0.4, -0.2) is 12.6 Å². The highest BCUT2D eigenvalue weighted by Gasteiger charge is 2.04. The molecule has 0 aliphatic heterocycles. The second-order valence-corrected chi connectivity index (χ2v) is 5.24. The third-order valence-electron chi connectivity index (χ3n) is 3.03. The predicted molar refractivity (Wildman–Crippen MR) is 119 cm³/mol. The van der Waals surface area contributed by atoms with Crippen LogP contribution in [0.5, 0.6) is 0 Å². The van der Waals surface area contributed by atoms with E-state index in [4.69, 9.17) is 4.74 Å². The number of benzene rings is 1. The van der Waals surface area contributed by atoms with Gasteiger partial charge in [-0.15, -0.1) is 0 Å². The molecular weight excluding hydrogens is 332 g/mol. The van der Waals surface area contributed by atoms with Gasteiger partial charge in [0.25, 0.3) is 0 Å². The fourth-order valence-electron chi connectivity index (χ4n) is 1.74. The minimum absolute atomic E-state index is 0.302. The summed E-state index contributed by atoms with van der Waals surface area (Å²) in [6.07, 6.45) is 9.06. The summed E-state index contributed by atoms with van der Waals surface area (Å²) in [7, 11) is 0. The van der Waals surface area contributed by atoms with Crippen LogP contribution < -0.4 is 0 Å². The molecule has 1 aromatic rings. The maximum Gasteiger partial charge on any atom is 0.338 e. The Morgan fingerprint density at radius 3 is 2.07 bits per heavy atom. The fraction of sp³-hybridized carbons (Fsp3) is 0.400. The Balaban J connectivity index is 0. The molecule has 0 atom stereocenters. The molecule has 0 fully saturated rings. The van der Waals surface area contributed by atoms with Crippen molar-refractivity contribution in [1.82, 2.24) is 0 Å². The second-order valence-electron chi connectivity index (χ2n) is 5.24. The van der Waals surface area contributed by atoms with Crippen LogP contribution in [-0.2, 0) is 4.74 Å². The molecule has 0 saturated carbocycles. The molecule has 0 heterocycles. The van der Waals surface area contributed by atoms with Gasteiger partial charge >= 0.3 is 5.97 Å². The minimum Gasteiger partial charge on any atom is -0.462 e. The van der Waals surface area contributed by atoms with Gasteiger partial charge in [-0.05, 0) is 63.1 Å². The first-order valence-electron chi connectivity index (χ1n) is 9.86. The first-order valence-corrected chi connectivity index (χ1v) is 9.86. The van der Waals surface area contributed by atoms with E-state index >= 15 is 0 Å². The highest BCUT2D eigenvalue weighted by Crippen LogP contribution is 2.06. The number of allylic oxidation sites excluding steroid dienone is 6. The van der Waals surface area contributed by atoms with E-state index in [1.807, 2.05) is 52.0 Å². The molecule has 0 bridgehead atoms. The minimum atomic E-state index is -0.302. The van der Waals surface area contributed by atoms with Gasteiger partial charge in [0.1, 0.15) is 0 Å². The molecule has 2 nitrogen and oxygen atoms in total. The quantitative estimate of drug-likeness (QED) is 0.314. The largest absolute Gasteiger partial charge is 0.462 e. The molecule has 148 valence electrons. The van der Waals surface area contributed by atoms with E-state index in [9.17, 15) is 4.79 Å². The van der Waals surface area contributed by atoms with Crippen molar-refractivity contribution in [3.63, 3.8) is 0 Å². The van der Waals surface area contributed by atoms with Gasteiger partial charge in [0.2, 0.25) is 0 Å². The van der Waals surface area contributed by atoms with Gasteiger partial charge in [0.15, 0.2) is 0 Å². The SMILES string of the molecule is CC.CC.CCOC(=O)c1ccc(C#C/C=C/C(=C/C=C(C)C)CC)cc1. The molecule has 0 saturated heterocycles. The number of esters is 1. The first-order chi connectivity index (χ1) is 13.1. The Morgan fingerprint density at radius 1 is 1.00 bits per heavy atom. The maximum atomic E-state index is 11.6. The lowest BCUT2D eigenvalue weighted by molar-refractivity contribution is 0.0526. The van der Waals surface area contributed by atoms with Crippen LogP contribution in [0.25, 0.3) is 0 Å². The van der Waals surface area contributed by atoms with Gasteiger partial charge in [0, 0.05) is 5.56 Å².